The number of allylic oxidation sites excluding steroid dienone is 2. The summed E-state index contributed by atoms with van der Waals surface area (Å²) in [6, 6.07) is 15.3. The van der Waals surface area contributed by atoms with E-state index in [-0.39, 0.29) is 11.6 Å². The molecule has 26 heavy (non-hydrogen) atoms. The third-order valence-corrected chi connectivity index (χ3v) is 5.15. The zero-order valence-corrected chi connectivity index (χ0v) is 14.7. The van der Waals surface area contributed by atoms with E-state index in [4.69, 9.17) is 9.47 Å². The van der Waals surface area contributed by atoms with Crippen molar-refractivity contribution in [1.29, 1.82) is 0 Å². The highest BCUT2D eigenvalue weighted by Gasteiger charge is 2.47. The molecule has 1 aliphatic carbocycles. The first-order valence-corrected chi connectivity index (χ1v) is 8.76. The Morgan fingerprint density at radius 1 is 1.19 bits per heavy atom. The standard InChI is InChI=1S/C22H20O4/c1-15(23)17-9-10-22(12-17)14-26-20-11-18(7-8-19(20)21(22)24)25-13-16-5-3-2-4-6-16/h2-9,11H,10,12-14H2,1H3/t22-/m0/s1. The van der Waals surface area contributed by atoms with E-state index in [2.05, 4.69) is 0 Å². The summed E-state index contributed by atoms with van der Waals surface area (Å²) >= 11 is 0. The minimum Gasteiger partial charge on any atom is -0.492 e. The molecule has 0 aromatic heterocycles. The van der Waals surface area contributed by atoms with Crippen LogP contribution in [-0.4, -0.2) is 18.2 Å². The summed E-state index contributed by atoms with van der Waals surface area (Å²) in [5, 5.41) is 0. The van der Waals surface area contributed by atoms with Crippen molar-refractivity contribution in [3.63, 3.8) is 0 Å². The summed E-state index contributed by atoms with van der Waals surface area (Å²) in [5.74, 6) is 1.32. The Morgan fingerprint density at radius 3 is 2.73 bits per heavy atom. The maximum absolute atomic E-state index is 13.0. The normalized spacial score (nSPS) is 21.1. The van der Waals surface area contributed by atoms with Gasteiger partial charge >= 0.3 is 0 Å². The molecule has 0 N–H and O–H groups in total. The molecule has 4 nitrogen and oxygen atoms in total. The van der Waals surface area contributed by atoms with Gasteiger partial charge in [0.15, 0.2) is 11.6 Å². The first kappa shape index (κ1) is 16.6. The highest BCUT2D eigenvalue weighted by Crippen LogP contribution is 2.46. The minimum atomic E-state index is -0.625. The van der Waals surface area contributed by atoms with E-state index in [0.717, 1.165) is 11.1 Å². The molecule has 1 atom stereocenters. The largest absolute Gasteiger partial charge is 0.492 e. The van der Waals surface area contributed by atoms with E-state index < -0.39 is 5.41 Å². The molecule has 0 unspecified atom stereocenters. The molecule has 0 bridgehead atoms. The number of Topliss-reactive ketones (excluding diaryl/α,β-unsaturated/α-hetero) is 2. The SMILES string of the molecule is CC(=O)C1=CC[C@@]2(COc3cc(OCc4ccccc4)ccc3C2=O)C1. The Balaban J connectivity index is 1.50. The lowest BCUT2D eigenvalue weighted by Gasteiger charge is -2.33. The molecule has 2 aliphatic rings. The van der Waals surface area contributed by atoms with Gasteiger partial charge < -0.3 is 9.47 Å². The molecular weight excluding hydrogens is 328 g/mol. The second-order valence-electron chi connectivity index (χ2n) is 7.00. The van der Waals surface area contributed by atoms with Gasteiger partial charge in [0, 0.05) is 6.07 Å². The summed E-state index contributed by atoms with van der Waals surface area (Å²) in [4.78, 5) is 24.7. The highest BCUT2D eigenvalue weighted by atomic mass is 16.5. The number of carbonyl (C=O) groups is 2. The van der Waals surface area contributed by atoms with Crippen molar-refractivity contribution in [2.45, 2.75) is 26.4 Å². The Hall–Kier alpha value is -2.88. The monoisotopic (exact) mass is 348 g/mol. The third-order valence-electron chi connectivity index (χ3n) is 5.15. The molecule has 4 rings (SSSR count). The Bertz CT molecular complexity index is 898. The molecule has 2 aromatic carbocycles. The zero-order chi connectivity index (χ0) is 18.1. The van der Waals surface area contributed by atoms with Crippen molar-refractivity contribution in [3.05, 3.63) is 71.3 Å². The van der Waals surface area contributed by atoms with Crippen molar-refractivity contribution >= 4 is 11.6 Å². The number of rotatable bonds is 4. The summed E-state index contributed by atoms with van der Waals surface area (Å²) in [6.45, 7) is 2.31. The summed E-state index contributed by atoms with van der Waals surface area (Å²) in [5.41, 5.74) is 1.75. The van der Waals surface area contributed by atoms with Crippen LogP contribution < -0.4 is 9.47 Å². The summed E-state index contributed by atoms with van der Waals surface area (Å²) in [6.07, 6.45) is 2.91. The van der Waals surface area contributed by atoms with Crippen LogP contribution in [0.2, 0.25) is 0 Å². The van der Waals surface area contributed by atoms with Crippen LogP contribution in [0.1, 0.15) is 35.7 Å². The molecule has 1 heterocycles. The fourth-order valence-electron chi connectivity index (χ4n) is 3.59. The number of fused-ring (bicyclic) bond motifs is 1. The Kier molecular flexibility index (Phi) is 4.11. The molecule has 1 aliphatic heterocycles. The number of ether oxygens (including phenoxy) is 2. The lowest BCUT2D eigenvalue weighted by molar-refractivity contribution is -0.113. The van der Waals surface area contributed by atoms with Gasteiger partial charge in [-0.15, -0.1) is 0 Å². The molecule has 0 amide bonds. The smallest absolute Gasteiger partial charge is 0.176 e. The molecule has 2 aromatic rings. The van der Waals surface area contributed by atoms with Gasteiger partial charge in [-0.2, -0.15) is 0 Å². The molecule has 0 fully saturated rings. The van der Waals surface area contributed by atoms with Crippen LogP contribution in [0, 0.1) is 5.41 Å². The van der Waals surface area contributed by atoms with Gasteiger partial charge in [-0.1, -0.05) is 36.4 Å². The quantitative estimate of drug-likeness (QED) is 0.833. The predicted octanol–water partition coefficient (Wildman–Crippen LogP) is 4.14. The zero-order valence-electron chi connectivity index (χ0n) is 14.7. The van der Waals surface area contributed by atoms with Crippen LogP contribution in [0.25, 0.3) is 0 Å². The lowest BCUT2D eigenvalue weighted by Crippen LogP contribution is -2.39. The van der Waals surface area contributed by atoms with Gasteiger partial charge in [0.1, 0.15) is 24.7 Å². The number of ketones is 2. The molecule has 0 saturated heterocycles. The van der Waals surface area contributed by atoms with Crippen LogP contribution in [-0.2, 0) is 11.4 Å². The molecule has 1 spiro atoms. The van der Waals surface area contributed by atoms with Crippen LogP contribution in [0.15, 0.2) is 60.2 Å². The van der Waals surface area contributed by atoms with Crippen LogP contribution in [0.5, 0.6) is 11.5 Å². The third kappa shape index (κ3) is 2.92. The van der Waals surface area contributed by atoms with Crippen molar-refractivity contribution in [3.8, 4) is 11.5 Å². The maximum Gasteiger partial charge on any atom is 0.176 e. The number of hydrogen-bond acceptors (Lipinski definition) is 4. The first-order valence-electron chi connectivity index (χ1n) is 8.76. The lowest BCUT2D eigenvalue weighted by atomic mass is 9.76. The Labute approximate surface area is 152 Å². The average Bonchev–Trinajstić information content (AvgIpc) is 3.10. The van der Waals surface area contributed by atoms with Gasteiger partial charge in [0.05, 0.1) is 11.0 Å². The van der Waals surface area contributed by atoms with Gasteiger partial charge in [0.2, 0.25) is 0 Å². The van der Waals surface area contributed by atoms with Crippen LogP contribution in [0.3, 0.4) is 0 Å². The van der Waals surface area contributed by atoms with Crippen LogP contribution >= 0.6 is 0 Å². The van der Waals surface area contributed by atoms with Gasteiger partial charge in [-0.25, -0.2) is 0 Å². The van der Waals surface area contributed by atoms with Crippen molar-refractivity contribution in [2.24, 2.45) is 5.41 Å². The van der Waals surface area contributed by atoms with E-state index in [0.29, 0.717) is 43.1 Å². The second kappa shape index (κ2) is 6.45. The molecule has 132 valence electrons. The fraction of sp³-hybridized carbons (Fsp3) is 0.273. The van der Waals surface area contributed by atoms with Crippen molar-refractivity contribution < 1.29 is 19.1 Å². The van der Waals surface area contributed by atoms with Gasteiger partial charge in [-0.05, 0) is 43.0 Å². The van der Waals surface area contributed by atoms with E-state index in [9.17, 15) is 9.59 Å². The van der Waals surface area contributed by atoms with E-state index in [1.165, 1.54) is 0 Å². The predicted molar refractivity (Wildman–Crippen MR) is 97.5 cm³/mol. The average molecular weight is 348 g/mol. The number of carbonyl (C=O) groups excluding carboxylic acids is 2. The van der Waals surface area contributed by atoms with Gasteiger partial charge in [-0.3, -0.25) is 9.59 Å². The molecular formula is C22H20O4. The van der Waals surface area contributed by atoms with Gasteiger partial charge in [0.25, 0.3) is 0 Å². The first-order chi connectivity index (χ1) is 12.6. The Morgan fingerprint density at radius 2 is 2.00 bits per heavy atom. The van der Waals surface area contributed by atoms with E-state index >= 15 is 0 Å². The van der Waals surface area contributed by atoms with Crippen LogP contribution in [0.4, 0.5) is 0 Å². The summed E-state index contributed by atoms with van der Waals surface area (Å²) in [7, 11) is 0. The van der Waals surface area contributed by atoms with E-state index in [1.807, 2.05) is 36.4 Å². The highest BCUT2D eigenvalue weighted by molar-refractivity contribution is 6.06. The second-order valence-corrected chi connectivity index (χ2v) is 7.00. The molecule has 0 radical (unpaired) electrons. The topological polar surface area (TPSA) is 52.6 Å². The number of hydrogen-bond donors (Lipinski definition) is 0. The van der Waals surface area contributed by atoms with E-state index in [1.54, 1.807) is 25.1 Å². The van der Waals surface area contributed by atoms with Crippen molar-refractivity contribution in [1.82, 2.24) is 0 Å². The maximum atomic E-state index is 13.0. The number of benzene rings is 2. The molecule has 4 heteroatoms. The minimum absolute atomic E-state index is 0.0325. The summed E-state index contributed by atoms with van der Waals surface area (Å²) < 4.78 is 11.7. The fourth-order valence-corrected chi connectivity index (χ4v) is 3.59. The molecule has 0 saturated carbocycles. The van der Waals surface area contributed by atoms with Crippen molar-refractivity contribution in [2.75, 3.05) is 6.61 Å².